The Morgan fingerprint density at radius 1 is 0.833 bits per heavy atom. The van der Waals surface area contributed by atoms with Crippen molar-refractivity contribution in [3.8, 4) is 0 Å². The lowest BCUT2D eigenvalue weighted by Crippen LogP contribution is -2.47. The van der Waals surface area contributed by atoms with Gasteiger partial charge in [-0.05, 0) is 66.8 Å². The largest absolute Gasteiger partial charge is 0.472 e. The molecule has 0 aromatic heterocycles. The number of nitrogens with zero attached hydrogens (tertiary/aromatic N) is 1. The van der Waals surface area contributed by atoms with E-state index < -0.39 is 62.8 Å². The van der Waals surface area contributed by atoms with Crippen LogP contribution in [0.1, 0.15) is 92.2 Å². The molecule has 15 nitrogen and oxygen atoms in total. The number of esters is 2. The molecular weight excluding hydrogens is 719 g/mol. The van der Waals surface area contributed by atoms with E-state index in [1.54, 1.807) is 27.7 Å². The van der Waals surface area contributed by atoms with Crippen LogP contribution in [0, 0.1) is 30.6 Å². The summed E-state index contributed by atoms with van der Waals surface area (Å²) in [5, 5.41) is 8.23. The fraction of sp³-hybridized carbons (Fsp3) is 0.579. The minimum absolute atomic E-state index is 0.0505. The Labute approximate surface area is 319 Å². The van der Waals surface area contributed by atoms with Crippen LogP contribution in [0.3, 0.4) is 0 Å². The summed E-state index contributed by atoms with van der Waals surface area (Å²) in [5.41, 5.74) is 3.98. The lowest BCUT2D eigenvalue weighted by molar-refractivity contribution is -0.198. The van der Waals surface area contributed by atoms with Gasteiger partial charge in [-0.3, -0.25) is 4.79 Å². The molecule has 0 saturated carbocycles. The molecule has 0 heterocycles. The molecule has 3 atom stereocenters. The molecule has 54 heavy (non-hydrogen) atoms. The highest BCUT2D eigenvalue weighted by atomic mass is 31.2. The van der Waals surface area contributed by atoms with Crippen LogP contribution in [0.4, 0.5) is 26.7 Å². The number of hydrogen-bond acceptors (Lipinski definition) is 10. The number of urea groups is 1. The number of anilines is 3. The number of rotatable bonds is 20. The zero-order chi connectivity index (χ0) is 40.7. The molecule has 0 aliphatic heterocycles. The first-order chi connectivity index (χ1) is 25.2. The van der Waals surface area contributed by atoms with Crippen molar-refractivity contribution in [2.45, 2.75) is 100 Å². The van der Waals surface area contributed by atoms with E-state index in [4.69, 9.17) is 19.3 Å². The van der Waals surface area contributed by atoms with Crippen LogP contribution >= 0.6 is 7.82 Å². The Bertz CT molecular complexity index is 1570. The molecule has 0 aliphatic carbocycles. The van der Waals surface area contributed by atoms with Crippen molar-refractivity contribution in [2.75, 3.05) is 35.4 Å². The number of nitrogens with one attached hydrogen (secondary N) is 3. The summed E-state index contributed by atoms with van der Waals surface area (Å²) in [6, 6.07) is 11.7. The number of carbonyl (C=O) groups is 4. The number of hydrogen-bond donors (Lipinski definition) is 5. The summed E-state index contributed by atoms with van der Waals surface area (Å²) in [4.78, 5) is 71.8. The van der Waals surface area contributed by atoms with Crippen LogP contribution in [0.25, 0.3) is 0 Å². The molecule has 2 aromatic carbocycles. The Balaban J connectivity index is 2.28. The smallest absolute Gasteiger partial charge is 0.425 e. The molecule has 2 rings (SSSR count). The third kappa shape index (κ3) is 16.5. The summed E-state index contributed by atoms with van der Waals surface area (Å²) >= 11 is 0. The summed E-state index contributed by atoms with van der Waals surface area (Å²) in [6.07, 6.45) is -1.95. The number of phosphoric ester groups is 1. The predicted octanol–water partition coefficient (Wildman–Crippen LogP) is 7.53. The average molecular weight is 779 g/mol. The third-order valence-corrected chi connectivity index (χ3v) is 8.54. The van der Waals surface area contributed by atoms with Crippen LogP contribution in [-0.4, -0.2) is 66.1 Å². The highest BCUT2D eigenvalue weighted by Gasteiger charge is 2.32. The van der Waals surface area contributed by atoms with E-state index in [-0.39, 0.29) is 12.3 Å². The SMILES string of the molecule is CCC(CC(=O)OC(OC(=O)[C@@H](NC(=O)OCOP(=O)(O)O)C(C)C)C(C)C)c1ccc(N(CC(C)C)CC(C)C)c(NC(=O)Nc2ccc(C)cc2)c1. The van der Waals surface area contributed by atoms with Gasteiger partial charge in [0.05, 0.1) is 17.8 Å². The Kier molecular flexibility index (Phi) is 18.4. The highest BCUT2D eigenvalue weighted by molar-refractivity contribution is 7.46. The zero-order valence-electron chi connectivity index (χ0n) is 33.1. The van der Waals surface area contributed by atoms with E-state index in [1.165, 1.54) is 0 Å². The van der Waals surface area contributed by atoms with E-state index in [2.05, 4.69) is 57.8 Å². The molecule has 16 heteroatoms. The van der Waals surface area contributed by atoms with Crippen molar-refractivity contribution in [3.05, 3.63) is 53.6 Å². The summed E-state index contributed by atoms with van der Waals surface area (Å²) < 4.78 is 30.7. The van der Waals surface area contributed by atoms with Gasteiger partial charge in [-0.2, -0.15) is 0 Å². The standard InChI is InChI=1S/C38H59N4O11P/c1-11-28(19-33(43)52-36(26(8)9)53-35(44)34(25(6)7)41-38(46)50-22-51-54(47,48)49)29-14-17-32(42(20-23(2)3)21-24(4)5)31(18-29)40-37(45)39-30-15-12-27(10)13-16-30/h12-18,23-26,28,34,36H,11,19-22H2,1-10H3,(H,41,46)(H2,39,40,45)(H2,47,48,49)/t28?,34-,36?/m0/s1. The molecule has 2 unspecified atom stereocenters. The van der Waals surface area contributed by atoms with E-state index in [1.807, 2.05) is 56.3 Å². The number of benzene rings is 2. The Morgan fingerprint density at radius 2 is 1.44 bits per heavy atom. The monoisotopic (exact) mass is 778 g/mol. The summed E-state index contributed by atoms with van der Waals surface area (Å²) in [6.45, 7) is 19.6. The van der Waals surface area contributed by atoms with Gasteiger partial charge in [0.1, 0.15) is 6.04 Å². The molecule has 5 N–H and O–H groups in total. The van der Waals surface area contributed by atoms with Gasteiger partial charge in [0.25, 0.3) is 0 Å². The van der Waals surface area contributed by atoms with Crippen molar-refractivity contribution >= 4 is 48.9 Å². The number of phosphoric acid groups is 1. The molecule has 0 aliphatic rings. The molecular formula is C38H59N4O11P. The van der Waals surface area contributed by atoms with Gasteiger partial charge in [-0.25, -0.2) is 23.5 Å². The topological polar surface area (TPSA) is 202 Å². The number of alkyl carbamates (subject to hydrolysis) is 1. The first kappa shape index (κ1) is 46.0. The van der Waals surface area contributed by atoms with Gasteiger partial charge in [0.15, 0.2) is 0 Å². The quantitative estimate of drug-likeness (QED) is 0.0503. The van der Waals surface area contributed by atoms with Gasteiger partial charge >= 0.3 is 31.9 Å². The average Bonchev–Trinajstić information content (AvgIpc) is 3.05. The van der Waals surface area contributed by atoms with Crippen LogP contribution in [0.5, 0.6) is 0 Å². The molecule has 0 saturated heterocycles. The Morgan fingerprint density at radius 3 is 1.96 bits per heavy atom. The van der Waals surface area contributed by atoms with E-state index >= 15 is 0 Å². The molecule has 2 aromatic rings. The lowest BCUT2D eigenvalue weighted by Gasteiger charge is -2.31. The lowest BCUT2D eigenvalue weighted by atomic mass is 9.92. The fourth-order valence-corrected chi connectivity index (χ4v) is 5.62. The number of carbonyl (C=O) groups excluding carboxylic acids is 4. The summed E-state index contributed by atoms with van der Waals surface area (Å²) in [7, 11) is -4.87. The van der Waals surface area contributed by atoms with Crippen LogP contribution in [0.15, 0.2) is 42.5 Å². The first-order valence-electron chi connectivity index (χ1n) is 18.3. The maximum Gasteiger partial charge on any atom is 0.472 e. The highest BCUT2D eigenvalue weighted by Crippen LogP contribution is 2.36. The Hall–Kier alpha value is -4.17. The minimum atomic E-state index is -4.87. The van der Waals surface area contributed by atoms with Crippen LogP contribution < -0.4 is 20.9 Å². The second-order valence-corrected chi connectivity index (χ2v) is 16.0. The maximum absolute atomic E-state index is 13.4. The van der Waals surface area contributed by atoms with Crippen molar-refractivity contribution < 1.29 is 52.3 Å². The second kappa shape index (κ2) is 21.7. The molecule has 0 fully saturated rings. The zero-order valence-corrected chi connectivity index (χ0v) is 34.0. The van der Waals surface area contributed by atoms with E-state index in [9.17, 15) is 23.7 Å². The van der Waals surface area contributed by atoms with Gasteiger partial charge in [-0.15, -0.1) is 0 Å². The third-order valence-electron chi connectivity index (χ3n) is 8.10. The van der Waals surface area contributed by atoms with Gasteiger partial charge in [0.2, 0.25) is 13.1 Å². The molecule has 0 spiro atoms. The summed E-state index contributed by atoms with van der Waals surface area (Å²) in [5.74, 6) is -2.07. The van der Waals surface area contributed by atoms with E-state index in [0.717, 1.165) is 29.9 Å². The predicted molar refractivity (Wildman–Crippen MR) is 207 cm³/mol. The first-order valence-corrected chi connectivity index (χ1v) is 19.8. The molecule has 0 bridgehead atoms. The van der Waals surface area contributed by atoms with Gasteiger partial charge in [0, 0.05) is 24.7 Å². The number of aryl methyl sites for hydroxylation is 1. The van der Waals surface area contributed by atoms with Gasteiger partial charge in [-0.1, -0.05) is 86.1 Å². The second-order valence-electron chi connectivity index (χ2n) is 14.8. The van der Waals surface area contributed by atoms with Crippen molar-refractivity contribution in [1.29, 1.82) is 0 Å². The van der Waals surface area contributed by atoms with Crippen molar-refractivity contribution in [2.24, 2.45) is 23.7 Å². The van der Waals surface area contributed by atoms with Crippen molar-refractivity contribution in [1.82, 2.24) is 5.32 Å². The molecule has 0 radical (unpaired) electrons. The normalized spacial score (nSPS) is 13.3. The number of amides is 3. The van der Waals surface area contributed by atoms with Crippen LogP contribution in [0.2, 0.25) is 0 Å². The molecule has 3 amide bonds. The number of ether oxygens (including phenoxy) is 3. The van der Waals surface area contributed by atoms with Crippen LogP contribution in [-0.2, 0) is 32.9 Å². The maximum atomic E-state index is 13.4. The minimum Gasteiger partial charge on any atom is -0.425 e. The van der Waals surface area contributed by atoms with Crippen molar-refractivity contribution in [3.63, 3.8) is 0 Å². The van der Waals surface area contributed by atoms with Gasteiger partial charge < -0.3 is 44.8 Å². The molecule has 302 valence electrons. The fourth-order valence-electron chi connectivity index (χ4n) is 5.43. The van der Waals surface area contributed by atoms with E-state index in [0.29, 0.717) is 29.6 Å².